The lowest BCUT2D eigenvalue weighted by Gasteiger charge is -2.28. The van der Waals surface area contributed by atoms with Crippen LogP contribution in [0.5, 0.6) is 0 Å². The van der Waals surface area contributed by atoms with Gasteiger partial charge in [0.25, 0.3) is 0 Å². The van der Waals surface area contributed by atoms with Gasteiger partial charge < -0.3 is 0 Å². The minimum Gasteiger partial charge on any atom is -0.236 e. The van der Waals surface area contributed by atoms with Gasteiger partial charge in [0.15, 0.2) is 5.82 Å². The molecule has 0 saturated heterocycles. The van der Waals surface area contributed by atoms with Crippen LogP contribution in [-0.2, 0) is 12.8 Å². The Morgan fingerprint density at radius 2 is 1.55 bits per heavy atom. The van der Waals surface area contributed by atoms with Gasteiger partial charge in [-0.1, -0.05) is 95.9 Å². The topological polar surface area (TPSA) is 25.8 Å². The van der Waals surface area contributed by atoms with Crippen LogP contribution in [-0.4, -0.2) is 9.97 Å². The molecule has 3 rings (SSSR count). The number of hydrogen-bond donors (Lipinski definition) is 0. The summed E-state index contributed by atoms with van der Waals surface area (Å²) in [6.07, 6.45) is 16.9. The Morgan fingerprint density at radius 3 is 2.17 bits per heavy atom. The average molecular weight is 397 g/mol. The van der Waals surface area contributed by atoms with E-state index in [9.17, 15) is 4.39 Å². The summed E-state index contributed by atoms with van der Waals surface area (Å²) in [6.45, 7) is 4.32. The molecular formula is C26H37FN2. The van der Waals surface area contributed by atoms with Gasteiger partial charge in [-0.25, -0.2) is 4.98 Å². The van der Waals surface area contributed by atoms with Crippen LogP contribution in [0.3, 0.4) is 0 Å². The van der Waals surface area contributed by atoms with Crippen molar-refractivity contribution < 1.29 is 4.39 Å². The fourth-order valence-electron chi connectivity index (χ4n) is 4.65. The molecule has 1 aliphatic rings. The smallest absolute Gasteiger partial charge is 0.219 e. The summed E-state index contributed by atoms with van der Waals surface area (Å²) in [4.78, 5) is 8.43. The van der Waals surface area contributed by atoms with Gasteiger partial charge in [0, 0.05) is 17.3 Å². The average Bonchev–Trinajstić information content (AvgIpc) is 2.75. The van der Waals surface area contributed by atoms with Gasteiger partial charge in [0.1, 0.15) is 0 Å². The molecule has 0 aliphatic heterocycles. The first-order valence-corrected chi connectivity index (χ1v) is 11.8. The summed E-state index contributed by atoms with van der Waals surface area (Å²) in [5.41, 5.74) is 2.86. The predicted octanol–water partition coefficient (Wildman–Crippen LogP) is 7.55. The number of unbranched alkanes of at least 4 members (excludes halogenated alkanes) is 2. The highest BCUT2D eigenvalue weighted by Gasteiger charge is 2.20. The van der Waals surface area contributed by atoms with Gasteiger partial charge in [-0.3, -0.25) is 0 Å². The number of halogens is 1. The van der Waals surface area contributed by atoms with Crippen LogP contribution < -0.4 is 0 Å². The van der Waals surface area contributed by atoms with Crippen molar-refractivity contribution in [1.29, 1.82) is 0 Å². The number of benzene rings is 1. The summed E-state index contributed by atoms with van der Waals surface area (Å²) in [6, 6.07) is 8.39. The third-order valence-corrected chi connectivity index (χ3v) is 6.57. The second-order valence-electron chi connectivity index (χ2n) is 8.88. The van der Waals surface area contributed by atoms with Crippen LogP contribution in [0.15, 0.2) is 30.5 Å². The summed E-state index contributed by atoms with van der Waals surface area (Å²) in [5.74, 6) is 1.98. The summed E-state index contributed by atoms with van der Waals surface area (Å²) in [7, 11) is 0. The van der Waals surface area contributed by atoms with Crippen molar-refractivity contribution in [3.8, 4) is 11.4 Å². The van der Waals surface area contributed by atoms with E-state index in [-0.39, 0.29) is 5.95 Å². The van der Waals surface area contributed by atoms with E-state index in [0.717, 1.165) is 30.2 Å². The maximum absolute atomic E-state index is 14.1. The third-order valence-electron chi connectivity index (χ3n) is 6.57. The first-order valence-electron chi connectivity index (χ1n) is 11.8. The van der Waals surface area contributed by atoms with Crippen LogP contribution in [0.4, 0.5) is 4.39 Å². The number of rotatable bonds is 10. The maximum Gasteiger partial charge on any atom is 0.219 e. The Kier molecular flexibility index (Phi) is 8.64. The highest BCUT2D eigenvalue weighted by Crippen LogP contribution is 2.34. The molecule has 0 atom stereocenters. The molecule has 1 aromatic carbocycles. The van der Waals surface area contributed by atoms with Crippen molar-refractivity contribution in [2.24, 2.45) is 11.8 Å². The number of aromatic nitrogens is 2. The van der Waals surface area contributed by atoms with Gasteiger partial charge in [-0.05, 0) is 36.7 Å². The van der Waals surface area contributed by atoms with Crippen LogP contribution >= 0.6 is 0 Å². The summed E-state index contributed by atoms with van der Waals surface area (Å²) < 4.78 is 14.1. The molecule has 2 aromatic rings. The standard InChI is InChI=1S/C26H37FN2/c1-3-5-6-8-20-9-11-21(12-10-20)13-14-22-15-17-23(18-16-22)26-28-19-24(7-4-2)25(27)29-26/h15-21H,3-14H2,1-2H3. The van der Waals surface area contributed by atoms with Crippen LogP contribution in [0, 0.1) is 17.8 Å². The maximum atomic E-state index is 14.1. The van der Waals surface area contributed by atoms with E-state index in [1.54, 1.807) is 6.20 Å². The quantitative estimate of drug-likeness (QED) is 0.306. The highest BCUT2D eigenvalue weighted by atomic mass is 19.1. The molecule has 1 heterocycles. The Bertz CT molecular complexity index is 733. The number of nitrogens with zero attached hydrogens (tertiary/aromatic N) is 2. The predicted molar refractivity (Wildman–Crippen MR) is 119 cm³/mol. The lowest BCUT2D eigenvalue weighted by molar-refractivity contribution is 0.249. The third kappa shape index (κ3) is 6.62. The van der Waals surface area contributed by atoms with Crippen LogP contribution in [0.1, 0.15) is 89.2 Å². The normalized spacial score (nSPS) is 19.4. The Morgan fingerprint density at radius 1 is 0.862 bits per heavy atom. The minimum atomic E-state index is -0.383. The fourth-order valence-corrected chi connectivity index (χ4v) is 4.65. The van der Waals surface area contributed by atoms with Crippen molar-refractivity contribution in [2.75, 3.05) is 0 Å². The zero-order valence-electron chi connectivity index (χ0n) is 18.3. The van der Waals surface area contributed by atoms with Crippen molar-refractivity contribution >= 4 is 0 Å². The molecule has 1 aliphatic carbocycles. The zero-order valence-corrected chi connectivity index (χ0v) is 18.3. The van der Waals surface area contributed by atoms with E-state index in [1.807, 2.05) is 19.1 Å². The van der Waals surface area contributed by atoms with E-state index in [0.29, 0.717) is 17.8 Å². The molecule has 29 heavy (non-hydrogen) atoms. The molecule has 0 N–H and O–H groups in total. The van der Waals surface area contributed by atoms with E-state index in [2.05, 4.69) is 29.0 Å². The summed E-state index contributed by atoms with van der Waals surface area (Å²) in [5, 5.41) is 0. The van der Waals surface area contributed by atoms with Gasteiger partial charge in [0.05, 0.1) is 0 Å². The minimum absolute atomic E-state index is 0.383. The second kappa shape index (κ2) is 11.4. The molecule has 0 amide bonds. The Balaban J connectivity index is 1.46. The fraction of sp³-hybridized carbons (Fsp3) is 0.615. The second-order valence-corrected chi connectivity index (χ2v) is 8.88. The van der Waals surface area contributed by atoms with Gasteiger partial charge in [-0.15, -0.1) is 0 Å². The SMILES string of the molecule is CCCCCC1CCC(CCc2ccc(-c3ncc(CCC)c(F)n3)cc2)CC1. The lowest BCUT2D eigenvalue weighted by Crippen LogP contribution is -2.15. The monoisotopic (exact) mass is 396 g/mol. The molecule has 0 unspecified atom stereocenters. The van der Waals surface area contributed by atoms with E-state index in [1.165, 1.54) is 63.4 Å². The van der Waals surface area contributed by atoms with E-state index < -0.39 is 0 Å². The first kappa shape index (κ1) is 21.9. The van der Waals surface area contributed by atoms with E-state index in [4.69, 9.17) is 0 Å². The molecule has 0 spiro atoms. The van der Waals surface area contributed by atoms with Crippen molar-refractivity contribution in [2.45, 2.75) is 90.9 Å². The van der Waals surface area contributed by atoms with Crippen LogP contribution in [0.2, 0.25) is 0 Å². The zero-order chi connectivity index (χ0) is 20.5. The molecule has 158 valence electrons. The molecule has 0 bridgehead atoms. The summed E-state index contributed by atoms with van der Waals surface area (Å²) >= 11 is 0. The van der Waals surface area contributed by atoms with E-state index >= 15 is 0 Å². The Labute approximate surface area is 176 Å². The van der Waals surface area contributed by atoms with Crippen LogP contribution in [0.25, 0.3) is 11.4 Å². The van der Waals surface area contributed by atoms with Gasteiger partial charge in [-0.2, -0.15) is 9.37 Å². The molecule has 3 heteroatoms. The van der Waals surface area contributed by atoms with Crippen molar-refractivity contribution in [3.63, 3.8) is 0 Å². The molecule has 0 radical (unpaired) electrons. The first-order chi connectivity index (χ1) is 14.2. The lowest BCUT2D eigenvalue weighted by atomic mass is 9.78. The van der Waals surface area contributed by atoms with Crippen molar-refractivity contribution in [3.05, 3.63) is 47.5 Å². The number of hydrogen-bond acceptors (Lipinski definition) is 2. The molecule has 2 nitrogen and oxygen atoms in total. The highest BCUT2D eigenvalue weighted by molar-refractivity contribution is 5.55. The van der Waals surface area contributed by atoms with Gasteiger partial charge in [0.2, 0.25) is 5.95 Å². The molecular weight excluding hydrogens is 359 g/mol. The molecule has 1 fully saturated rings. The molecule has 1 aromatic heterocycles. The Hall–Kier alpha value is -1.77. The van der Waals surface area contributed by atoms with Crippen molar-refractivity contribution in [1.82, 2.24) is 9.97 Å². The largest absolute Gasteiger partial charge is 0.236 e. The number of aryl methyl sites for hydroxylation is 2. The van der Waals surface area contributed by atoms with Gasteiger partial charge >= 0.3 is 0 Å². The molecule has 1 saturated carbocycles.